The Bertz CT molecular complexity index is 652. The second-order valence-corrected chi connectivity index (χ2v) is 7.85. The summed E-state index contributed by atoms with van der Waals surface area (Å²) in [4.78, 5) is 30.3. The number of nitrogens with one attached hydrogen (secondary N) is 1. The molecule has 1 unspecified atom stereocenters. The highest BCUT2D eigenvalue weighted by molar-refractivity contribution is 7.98. The molecule has 2 fully saturated rings. The average molecular weight is 362 g/mol. The molecule has 0 bridgehead atoms. The first-order valence-corrected chi connectivity index (χ1v) is 10.2. The van der Waals surface area contributed by atoms with Gasteiger partial charge in [-0.3, -0.25) is 14.5 Å². The number of aryl methyl sites for hydroxylation is 1. The summed E-state index contributed by atoms with van der Waals surface area (Å²) in [5.74, 6) is 0.217. The minimum Gasteiger partial charge on any atom is -0.352 e. The summed E-state index contributed by atoms with van der Waals surface area (Å²) in [7, 11) is 0. The molecule has 2 amide bonds. The third-order valence-electron chi connectivity index (χ3n) is 5.13. The predicted octanol–water partition coefficient (Wildman–Crippen LogP) is 2.14. The molecule has 1 aromatic rings. The van der Waals surface area contributed by atoms with Gasteiger partial charge < -0.3 is 10.2 Å². The number of rotatable bonds is 5. The van der Waals surface area contributed by atoms with Gasteiger partial charge in [-0.05, 0) is 50.6 Å². The molecule has 25 heavy (non-hydrogen) atoms. The minimum atomic E-state index is -0.126. The Morgan fingerprint density at radius 2 is 1.88 bits per heavy atom. The van der Waals surface area contributed by atoms with Gasteiger partial charge in [-0.1, -0.05) is 6.07 Å². The SMILES string of the molecule is CSc1ccc(C)c(C(=O)N2CCN(C(C)C(=O)NC3CC3)CC2)c1. The summed E-state index contributed by atoms with van der Waals surface area (Å²) in [6, 6.07) is 6.32. The van der Waals surface area contributed by atoms with E-state index < -0.39 is 0 Å². The number of hydrogen-bond donors (Lipinski definition) is 1. The molecular formula is C19H27N3O2S. The van der Waals surface area contributed by atoms with Crippen molar-refractivity contribution < 1.29 is 9.59 Å². The first-order valence-electron chi connectivity index (χ1n) is 8.98. The maximum absolute atomic E-state index is 12.9. The van der Waals surface area contributed by atoms with E-state index in [2.05, 4.69) is 16.3 Å². The van der Waals surface area contributed by atoms with Crippen LogP contribution in [0.2, 0.25) is 0 Å². The molecule has 0 spiro atoms. The third kappa shape index (κ3) is 4.36. The second-order valence-electron chi connectivity index (χ2n) is 6.97. The molecule has 2 aliphatic rings. The van der Waals surface area contributed by atoms with Crippen LogP contribution in [0.5, 0.6) is 0 Å². The van der Waals surface area contributed by atoms with Crippen molar-refractivity contribution in [2.75, 3.05) is 32.4 Å². The Hall–Kier alpha value is -1.53. The van der Waals surface area contributed by atoms with Crippen LogP contribution in [0.1, 0.15) is 35.7 Å². The molecule has 1 N–H and O–H groups in total. The van der Waals surface area contributed by atoms with E-state index >= 15 is 0 Å². The first kappa shape index (κ1) is 18.3. The Balaban J connectivity index is 1.58. The van der Waals surface area contributed by atoms with Crippen molar-refractivity contribution in [3.05, 3.63) is 29.3 Å². The zero-order chi connectivity index (χ0) is 18.0. The molecular weight excluding hydrogens is 334 g/mol. The van der Waals surface area contributed by atoms with Crippen LogP contribution in [0.3, 0.4) is 0 Å². The zero-order valence-corrected chi connectivity index (χ0v) is 16.1. The molecule has 1 aromatic carbocycles. The molecule has 1 saturated heterocycles. The highest BCUT2D eigenvalue weighted by Crippen LogP contribution is 2.22. The molecule has 1 heterocycles. The molecule has 0 aromatic heterocycles. The maximum Gasteiger partial charge on any atom is 0.254 e. The van der Waals surface area contributed by atoms with Crippen LogP contribution in [0.4, 0.5) is 0 Å². The van der Waals surface area contributed by atoms with E-state index in [1.165, 1.54) is 0 Å². The first-order chi connectivity index (χ1) is 12.0. The Morgan fingerprint density at radius 1 is 1.20 bits per heavy atom. The van der Waals surface area contributed by atoms with Crippen LogP contribution in [0, 0.1) is 6.92 Å². The van der Waals surface area contributed by atoms with Crippen molar-refractivity contribution in [3.8, 4) is 0 Å². The highest BCUT2D eigenvalue weighted by Gasteiger charge is 2.31. The molecule has 6 heteroatoms. The van der Waals surface area contributed by atoms with Crippen LogP contribution < -0.4 is 5.32 Å². The van der Waals surface area contributed by atoms with Crippen LogP contribution in [0.25, 0.3) is 0 Å². The normalized spacial score (nSPS) is 19.6. The number of piperazine rings is 1. The van der Waals surface area contributed by atoms with Gasteiger partial charge in [0.2, 0.25) is 5.91 Å². The summed E-state index contributed by atoms with van der Waals surface area (Å²) in [6.45, 7) is 6.77. The lowest BCUT2D eigenvalue weighted by Gasteiger charge is -2.37. The smallest absolute Gasteiger partial charge is 0.254 e. The molecule has 0 radical (unpaired) electrons. The summed E-state index contributed by atoms with van der Waals surface area (Å²) < 4.78 is 0. The fraction of sp³-hybridized carbons (Fsp3) is 0.579. The van der Waals surface area contributed by atoms with Crippen molar-refractivity contribution in [3.63, 3.8) is 0 Å². The van der Waals surface area contributed by atoms with Crippen molar-refractivity contribution in [1.29, 1.82) is 0 Å². The Kier molecular flexibility index (Phi) is 5.69. The number of benzene rings is 1. The second kappa shape index (κ2) is 7.79. The number of carbonyl (C=O) groups excluding carboxylic acids is 2. The van der Waals surface area contributed by atoms with Crippen molar-refractivity contribution in [1.82, 2.24) is 15.1 Å². The maximum atomic E-state index is 12.9. The fourth-order valence-corrected chi connectivity index (χ4v) is 3.60. The molecule has 1 saturated carbocycles. The summed E-state index contributed by atoms with van der Waals surface area (Å²) in [5, 5.41) is 3.07. The molecule has 1 aliphatic heterocycles. The van der Waals surface area contributed by atoms with E-state index in [1.807, 2.05) is 37.1 Å². The van der Waals surface area contributed by atoms with Crippen LogP contribution in [0.15, 0.2) is 23.1 Å². The lowest BCUT2D eigenvalue weighted by atomic mass is 10.1. The van der Waals surface area contributed by atoms with Crippen LogP contribution in [-0.4, -0.2) is 66.1 Å². The van der Waals surface area contributed by atoms with Gasteiger partial charge >= 0.3 is 0 Å². The molecule has 1 aliphatic carbocycles. The van der Waals surface area contributed by atoms with E-state index in [9.17, 15) is 9.59 Å². The van der Waals surface area contributed by atoms with E-state index in [4.69, 9.17) is 0 Å². The predicted molar refractivity (Wildman–Crippen MR) is 101 cm³/mol. The number of amides is 2. The Labute approximate surface area is 154 Å². The van der Waals surface area contributed by atoms with Gasteiger partial charge in [0.25, 0.3) is 5.91 Å². The summed E-state index contributed by atoms with van der Waals surface area (Å²) >= 11 is 1.65. The Morgan fingerprint density at radius 3 is 2.48 bits per heavy atom. The van der Waals surface area contributed by atoms with Crippen molar-refractivity contribution in [2.45, 2.75) is 43.7 Å². The zero-order valence-electron chi connectivity index (χ0n) is 15.2. The van der Waals surface area contributed by atoms with Crippen LogP contribution in [-0.2, 0) is 4.79 Å². The molecule has 5 nitrogen and oxygen atoms in total. The lowest BCUT2D eigenvalue weighted by Crippen LogP contribution is -2.55. The topological polar surface area (TPSA) is 52.7 Å². The van der Waals surface area contributed by atoms with Crippen molar-refractivity contribution in [2.24, 2.45) is 0 Å². The molecule has 3 rings (SSSR count). The average Bonchev–Trinajstić information content (AvgIpc) is 3.45. The van der Waals surface area contributed by atoms with Crippen LogP contribution >= 0.6 is 11.8 Å². The molecule has 1 atom stereocenters. The molecule has 136 valence electrons. The van der Waals surface area contributed by atoms with E-state index in [1.54, 1.807) is 11.8 Å². The van der Waals surface area contributed by atoms with Gasteiger partial charge in [0, 0.05) is 42.7 Å². The van der Waals surface area contributed by atoms with Gasteiger partial charge in [-0.2, -0.15) is 0 Å². The quantitative estimate of drug-likeness (QED) is 0.817. The summed E-state index contributed by atoms with van der Waals surface area (Å²) in [6.07, 6.45) is 4.23. The number of carbonyl (C=O) groups is 2. The number of thioether (sulfide) groups is 1. The third-order valence-corrected chi connectivity index (χ3v) is 5.85. The lowest BCUT2D eigenvalue weighted by molar-refractivity contribution is -0.126. The highest BCUT2D eigenvalue weighted by atomic mass is 32.2. The fourth-order valence-electron chi connectivity index (χ4n) is 3.16. The monoisotopic (exact) mass is 361 g/mol. The minimum absolute atomic E-state index is 0.100. The van der Waals surface area contributed by atoms with Gasteiger partial charge in [0.05, 0.1) is 6.04 Å². The van der Waals surface area contributed by atoms with Gasteiger partial charge in [-0.15, -0.1) is 11.8 Å². The van der Waals surface area contributed by atoms with Gasteiger partial charge in [0.15, 0.2) is 0 Å². The summed E-state index contributed by atoms with van der Waals surface area (Å²) in [5.41, 5.74) is 1.81. The van der Waals surface area contributed by atoms with Crippen molar-refractivity contribution >= 4 is 23.6 Å². The van der Waals surface area contributed by atoms with Gasteiger partial charge in [0.1, 0.15) is 0 Å². The van der Waals surface area contributed by atoms with E-state index in [0.717, 1.165) is 42.0 Å². The standard InChI is InChI=1S/C19H27N3O2S/c1-13-4-7-16(25-3)12-17(13)19(24)22-10-8-21(9-11-22)14(2)18(23)20-15-5-6-15/h4,7,12,14-15H,5-6,8-11H2,1-3H3,(H,20,23). The number of hydrogen-bond acceptors (Lipinski definition) is 4. The number of nitrogens with zero attached hydrogens (tertiary/aromatic N) is 2. The van der Waals surface area contributed by atoms with E-state index in [-0.39, 0.29) is 17.9 Å². The van der Waals surface area contributed by atoms with Gasteiger partial charge in [-0.25, -0.2) is 0 Å². The van der Waals surface area contributed by atoms with E-state index in [0.29, 0.717) is 19.1 Å². The largest absolute Gasteiger partial charge is 0.352 e.